The van der Waals surface area contributed by atoms with Crippen LogP contribution in [-0.2, 0) is 14.3 Å². The molecule has 0 radical (unpaired) electrons. The Morgan fingerprint density at radius 1 is 1.19 bits per heavy atom. The first-order valence-corrected chi connectivity index (χ1v) is 9.26. The molecule has 8 heteroatoms. The van der Waals surface area contributed by atoms with Crippen molar-refractivity contribution in [3.8, 4) is 0 Å². The summed E-state index contributed by atoms with van der Waals surface area (Å²) in [6, 6.07) is 6.84. The van der Waals surface area contributed by atoms with Gasteiger partial charge in [-0.15, -0.1) is 0 Å². The number of hydrogen-bond acceptors (Lipinski definition) is 5. The predicted molar refractivity (Wildman–Crippen MR) is 103 cm³/mol. The zero-order valence-electron chi connectivity index (χ0n) is 15.9. The molecule has 0 spiro atoms. The van der Waals surface area contributed by atoms with E-state index in [2.05, 4.69) is 27.8 Å². The summed E-state index contributed by atoms with van der Waals surface area (Å²) in [4.78, 5) is 38.9. The number of nitrogens with zero attached hydrogens (tertiary/aromatic N) is 1. The van der Waals surface area contributed by atoms with E-state index in [0.29, 0.717) is 30.9 Å². The third-order valence-corrected chi connectivity index (χ3v) is 4.62. The van der Waals surface area contributed by atoms with E-state index in [1.807, 2.05) is 0 Å². The first-order chi connectivity index (χ1) is 13.1. The average molecular weight is 376 g/mol. The fourth-order valence-corrected chi connectivity index (χ4v) is 3.16. The van der Waals surface area contributed by atoms with Gasteiger partial charge in [0.25, 0.3) is 5.91 Å². The quantitative estimate of drug-likeness (QED) is 0.456. The zero-order valence-corrected chi connectivity index (χ0v) is 15.9. The van der Waals surface area contributed by atoms with Crippen LogP contribution < -0.4 is 16.0 Å². The number of para-hydroxylation sites is 1. The molecule has 1 atom stereocenters. The van der Waals surface area contributed by atoms with Gasteiger partial charge in [0.2, 0.25) is 0 Å². The third kappa shape index (κ3) is 6.04. The second-order valence-corrected chi connectivity index (χ2v) is 6.38. The Kier molecular flexibility index (Phi) is 8.22. The average Bonchev–Trinajstić information content (AvgIpc) is 3.14. The number of anilines is 1. The van der Waals surface area contributed by atoms with Crippen molar-refractivity contribution in [3.05, 3.63) is 29.8 Å². The Morgan fingerprint density at radius 3 is 2.70 bits per heavy atom. The van der Waals surface area contributed by atoms with Crippen molar-refractivity contribution in [1.82, 2.24) is 15.5 Å². The van der Waals surface area contributed by atoms with E-state index < -0.39 is 11.8 Å². The van der Waals surface area contributed by atoms with Crippen LogP contribution in [0.3, 0.4) is 0 Å². The van der Waals surface area contributed by atoms with E-state index in [1.165, 1.54) is 0 Å². The number of amides is 3. The Bertz CT molecular complexity index is 665. The molecule has 148 valence electrons. The molecule has 1 aliphatic heterocycles. The predicted octanol–water partition coefficient (Wildman–Crippen LogP) is 0.602. The highest BCUT2D eigenvalue weighted by Crippen LogP contribution is 2.16. The van der Waals surface area contributed by atoms with Crippen LogP contribution in [0.15, 0.2) is 24.3 Å². The molecule has 0 aliphatic carbocycles. The molecular formula is C19H28N4O4. The highest BCUT2D eigenvalue weighted by Gasteiger charge is 2.24. The molecule has 3 amide bonds. The van der Waals surface area contributed by atoms with Gasteiger partial charge >= 0.3 is 11.8 Å². The first-order valence-electron chi connectivity index (χ1n) is 9.26. The SMILES string of the molecule is CCN1CCC[C@H]1CNC(=O)C(=O)Nc1ccccc1C(=O)NCCOC. The van der Waals surface area contributed by atoms with Crippen LogP contribution >= 0.6 is 0 Å². The molecule has 2 rings (SSSR count). The van der Waals surface area contributed by atoms with Gasteiger partial charge in [-0.1, -0.05) is 19.1 Å². The lowest BCUT2D eigenvalue weighted by atomic mass is 10.1. The van der Waals surface area contributed by atoms with E-state index in [9.17, 15) is 14.4 Å². The standard InChI is InChI=1S/C19H28N4O4/c1-3-23-11-6-7-14(23)13-21-18(25)19(26)22-16-9-5-4-8-15(16)17(24)20-10-12-27-2/h4-5,8-9,14H,3,6-7,10-13H2,1-2H3,(H,20,24)(H,21,25)(H,22,26)/t14-/m0/s1. The summed E-state index contributed by atoms with van der Waals surface area (Å²) in [6.45, 7) is 5.22. The molecule has 8 nitrogen and oxygen atoms in total. The lowest BCUT2D eigenvalue weighted by Gasteiger charge is -2.22. The molecule has 1 aliphatic rings. The van der Waals surface area contributed by atoms with E-state index >= 15 is 0 Å². The molecule has 27 heavy (non-hydrogen) atoms. The topological polar surface area (TPSA) is 99.8 Å². The number of likely N-dealkylation sites (N-methyl/N-ethyl adjacent to an activating group) is 1. The van der Waals surface area contributed by atoms with Crippen LogP contribution in [-0.4, -0.2) is 68.6 Å². The normalized spacial score (nSPS) is 16.7. The molecule has 1 heterocycles. The van der Waals surface area contributed by atoms with Crippen LogP contribution in [0.2, 0.25) is 0 Å². The van der Waals surface area contributed by atoms with Gasteiger partial charge in [-0.3, -0.25) is 19.3 Å². The number of likely N-dealkylation sites (tertiary alicyclic amines) is 1. The highest BCUT2D eigenvalue weighted by atomic mass is 16.5. The summed E-state index contributed by atoms with van der Waals surface area (Å²) in [5.41, 5.74) is 0.589. The molecule has 0 unspecified atom stereocenters. The maximum absolute atomic E-state index is 12.2. The van der Waals surface area contributed by atoms with Gasteiger partial charge in [-0.2, -0.15) is 0 Å². The van der Waals surface area contributed by atoms with Gasteiger partial charge < -0.3 is 20.7 Å². The first kappa shape index (κ1) is 20.9. The maximum Gasteiger partial charge on any atom is 0.313 e. The second kappa shape index (κ2) is 10.6. The highest BCUT2D eigenvalue weighted by molar-refractivity contribution is 6.40. The molecule has 1 aromatic rings. The van der Waals surface area contributed by atoms with Crippen LogP contribution in [0.1, 0.15) is 30.1 Å². The summed E-state index contributed by atoms with van der Waals surface area (Å²) in [6.07, 6.45) is 2.12. The van der Waals surface area contributed by atoms with Crippen LogP contribution in [0.5, 0.6) is 0 Å². The van der Waals surface area contributed by atoms with Gasteiger partial charge in [-0.05, 0) is 38.1 Å². The minimum atomic E-state index is -0.784. The lowest BCUT2D eigenvalue weighted by molar-refractivity contribution is -0.136. The molecule has 1 saturated heterocycles. The maximum atomic E-state index is 12.2. The lowest BCUT2D eigenvalue weighted by Crippen LogP contribution is -2.43. The van der Waals surface area contributed by atoms with Crippen molar-refractivity contribution in [2.75, 3.05) is 45.2 Å². The van der Waals surface area contributed by atoms with Crippen molar-refractivity contribution in [1.29, 1.82) is 0 Å². The smallest absolute Gasteiger partial charge is 0.313 e. The number of carbonyl (C=O) groups excluding carboxylic acids is 3. The van der Waals surface area contributed by atoms with Crippen molar-refractivity contribution in [2.24, 2.45) is 0 Å². The number of nitrogens with one attached hydrogen (secondary N) is 3. The summed E-state index contributed by atoms with van der Waals surface area (Å²) in [7, 11) is 1.55. The second-order valence-electron chi connectivity index (χ2n) is 6.38. The molecule has 1 fully saturated rings. The number of hydrogen-bond donors (Lipinski definition) is 3. The van der Waals surface area contributed by atoms with Gasteiger partial charge in [-0.25, -0.2) is 0 Å². The summed E-state index contributed by atoms with van der Waals surface area (Å²) in [5, 5.41) is 7.91. The van der Waals surface area contributed by atoms with Crippen molar-refractivity contribution >= 4 is 23.4 Å². The molecule has 0 bridgehead atoms. The Balaban J connectivity index is 1.91. The summed E-state index contributed by atoms with van der Waals surface area (Å²) in [5.74, 6) is -1.83. The monoisotopic (exact) mass is 376 g/mol. The van der Waals surface area contributed by atoms with Crippen molar-refractivity contribution < 1.29 is 19.1 Å². The Morgan fingerprint density at radius 2 is 1.96 bits per heavy atom. The van der Waals surface area contributed by atoms with Gasteiger partial charge in [0.05, 0.1) is 17.9 Å². The Hall–Kier alpha value is -2.45. The van der Waals surface area contributed by atoms with Crippen LogP contribution in [0, 0.1) is 0 Å². The largest absolute Gasteiger partial charge is 0.383 e. The van der Waals surface area contributed by atoms with E-state index in [0.717, 1.165) is 25.9 Å². The molecule has 0 aromatic heterocycles. The van der Waals surface area contributed by atoms with E-state index in [1.54, 1.807) is 31.4 Å². The summed E-state index contributed by atoms with van der Waals surface area (Å²) < 4.78 is 4.90. The van der Waals surface area contributed by atoms with Crippen molar-refractivity contribution in [3.63, 3.8) is 0 Å². The minimum Gasteiger partial charge on any atom is -0.383 e. The van der Waals surface area contributed by atoms with E-state index in [4.69, 9.17) is 4.74 Å². The van der Waals surface area contributed by atoms with Gasteiger partial charge in [0, 0.05) is 26.2 Å². The molecular weight excluding hydrogens is 348 g/mol. The molecule has 3 N–H and O–H groups in total. The molecule has 0 saturated carbocycles. The summed E-state index contributed by atoms with van der Waals surface area (Å²) >= 11 is 0. The van der Waals surface area contributed by atoms with Gasteiger partial charge in [0.15, 0.2) is 0 Å². The Labute approximate surface area is 159 Å². The molecule has 1 aromatic carbocycles. The minimum absolute atomic E-state index is 0.269. The number of ether oxygens (including phenoxy) is 1. The number of methoxy groups -OCH3 is 1. The fraction of sp³-hybridized carbons (Fsp3) is 0.526. The number of rotatable bonds is 8. The van der Waals surface area contributed by atoms with Crippen molar-refractivity contribution in [2.45, 2.75) is 25.8 Å². The number of carbonyl (C=O) groups is 3. The zero-order chi connectivity index (χ0) is 19.6. The van der Waals surface area contributed by atoms with Gasteiger partial charge in [0.1, 0.15) is 0 Å². The fourth-order valence-electron chi connectivity index (χ4n) is 3.16. The van der Waals surface area contributed by atoms with Crippen LogP contribution in [0.25, 0.3) is 0 Å². The van der Waals surface area contributed by atoms with E-state index in [-0.39, 0.29) is 11.9 Å². The number of benzene rings is 1. The third-order valence-electron chi connectivity index (χ3n) is 4.62. The van der Waals surface area contributed by atoms with Crippen LogP contribution in [0.4, 0.5) is 5.69 Å².